The van der Waals surface area contributed by atoms with Crippen LogP contribution in [0, 0.1) is 16.0 Å². The van der Waals surface area contributed by atoms with Crippen LogP contribution in [-0.4, -0.2) is 40.0 Å². The van der Waals surface area contributed by atoms with E-state index in [0.717, 1.165) is 6.42 Å². The highest BCUT2D eigenvalue weighted by Crippen LogP contribution is 2.18. The number of anilines is 1. The minimum Gasteiger partial charge on any atom is -0.461 e. The van der Waals surface area contributed by atoms with Gasteiger partial charge in [-0.25, -0.2) is 14.6 Å². The van der Waals surface area contributed by atoms with Crippen LogP contribution in [0.25, 0.3) is 0 Å². The highest BCUT2D eigenvalue weighted by Gasteiger charge is 2.19. The van der Waals surface area contributed by atoms with Crippen LogP contribution in [0.2, 0.25) is 0 Å². The van der Waals surface area contributed by atoms with Gasteiger partial charge in [0, 0.05) is 29.7 Å². The first-order valence-corrected chi connectivity index (χ1v) is 10.1. The Morgan fingerprint density at radius 1 is 1.31 bits per heavy atom. The van der Waals surface area contributed by atoms with Crippen molar-refractivity contribution < 1.29 is 19.2 Å². The lowest BCUT2D eigenvalue weighted by Gasteiger charge is -2.23. The molecule has 2 amide bonds. The maximum Gasteiger partial charge on any atom is 0.357 e. The minimum atomic E-state index is -0.496. The first kappa shape index (κ1) is 22.3. The normalized spacial score (nSPS) is 10.6. The van der Waals surface area contributed by atoms with Crippen LogP contribution >= 0.6 is 11.3 Å². The standard InChI is InChI=1S/C19H24N4O5S/c1-4-28-18(24)16-12-29-17(21-16)11-22(10-9-13(2)3)19(25)20-14-5-7-15(8-6-14)23(26)27/h5-8,12-13H,4,9-11H2,1-3H3,(H,20,25). The number of nitro groups is 1. The number of amides is 2. The number of nitro benzene ring substituents is 1. The third kappa shape index (κ3) is 6.83. The Balaban J connectivity index is 2.09. The van der Waals surface area contributed by atoms with E-state index in [1.807, 2.05) is 0 Å². The number of benzene rings is 1. The Labute approximate surface area is 172 Å². The lowest BCUT2D eigenvalue weighted by Crippen LogP contribution is -2.35. The fourth-order valence-electron chi connectivity index (χ4n) is 2.38. The van der Waals surface area contributed by atoms with E-state index in [-0.39, 0.29) is 30.6 Å². The molecule has 10 heteroatoms. The number of carbonyl (C=O) groups excluding carboxylic acids is 2. The van der Waals surface area contributed by atoms with E-state index in [4.69, 9.17) is 4.74 Å². The Hall–Kier alpha value is -3.01. The molecule has 29 heavy (non-hydrogen) atoms. The zero-order valence-electron chi connectivity index (χ0n) is 16.6. The fraction of sp³-hybridized carbons (Fsp3) is 0.421. The maximum absolute atomic E-state index is 12.8. The SMILES string of the molecule is CCOC(=O)c1csc(CN(CCC(C)C)C(=O)Nc2ccc([N+](=O)[O-])cc2)n1. The van der Waals surface area contributed by atoms with Crippen LogP contribution in [-0.2, 0) is 11.3 Å². The number of rotatable bonds is 9. The summed E-state index contributed by atoms with van der Waals surface area (Å²) in [7, 11) is 0. The largest absolute Gasteiger partial charge is 0.461 e. The maximum atomic E-state index is 12.8. The third-order valence-electron chi connectivity index (χ3n) is 3.96. The summed E-state index contributed by atoms with van der Waals surface area (Å²) in [4.78, 5) is 40.7. The number of aromatic nitrogens is 1. The van der Waals surface area contributed by atoms with Gasteiger partial charge in [0.05, 0.1) is 18.1 Å². The van der Waals surface area contributed by atoms with Gasteiger partial charge in [0.1, 0.15) is 5.01 Å². The second kappa shape index (κ2) is 10.5. The van der Waals surface area contributed by atoms with Crippen molar-refractivity contribution in [2.24, 2.45) is 5.92 Å². The topological polar surface area (TPSA) is 115 Å². The molecule has 0 aliphatic rings. The lowest BCUT2D eigenvalue weighted by atomic mass is 10.1. The van der Waals surface area contributed by atoms with E-state index >= 15 is 0 Å². The van der Waals surface area contributed by atoms with Gasteiger partial charge in [0.25, 0.3) is 5.69 Å². The zero-order valence-corrected chi connectivity index (χ0v) is 17.4. The van der Waals surface area contributed by atoms with E-state index in [0.29, 0.717) is 23.2 Å². The summed E-state index contributed by atoms with van der Waals surface area (Å²) in [5.41, 5.74) is 0.641. The molecule has 2 aromatic rings. The van der Waals surface area contributed by atoms with Crippen molar-refractivity contribution in [1.29, 1.82) is 0 Å². The van der Waals surface area contributed by atoms with Crippen molar-refractivity contribution in [3.8, 4) is 0 Å². The van der Waals surface area contributed by atoms with Gasteiger partial charge in [-0.3, -0.25) is 10.1 Å². The number of ether oxygens (including phenoxy) is 1. The summed E-state index contributed by atoms with van der Waals surface area (Å²) in [5, 5.41) is 15.7. The van der Waals surface area contributed by atoms with Gasteiger partial charge in [-0.15, -0.1) is 11.3 Å². The average molecular weight is 420 g/mol. The number of nitrogens with zero attached hydrogens (tertiary/aromatic N) is 3. The monoisotopic (exact) mass is 420 g/mol. The fourth-order valence-corrected chi connectivity index (χ4v) is 3.16. The van der Waals surface area contributed by atoms with Gasteiger partial charge in [-0.2, -0.15) is 0 Å². The van der Waals surface area contributed by atoms with E-state index < -0.39 is 10.9 Å². The Morgan fingerprint density at radius 3 is 2.59 bits per heavy atom. The predicted molar refractivity (Wildman–Crippen MR) is 110 cm³/mol. The van der Waals surface area contributed by atoms with Gasteiger partial charge >= 0.3 is 12.0 Å². The highest BCUT2D eigenvalue weighted by atomic mass is 32.1. The molecule has 156 valence electrons. The molecule has 0 spiro atoms. The molecule has 0 unspecified atom stereocenters. The number of nitrogens with one attached hydrogen (secondary N) is 1. The van der Waals surface area contributed by atoms with E-state index in [1.165, 1.54) is 35.6 Å². The van der Waals surface area contributed by atoms with Gasteiger partial charge in [-0.1, -0.05) is 13.8 Å². The molecule has 0 aliphatic heterocycles. The van der Waals surface area contributed by atoms with Crippen LogP contribution in [0.3, 0.4) is 0 Å². The molecule has 0 saturated carbocycles. The second-order valence-electron chi connectivity index (χ2n) is 6.69. The molecule has 1 aromatic heterocycles. The summed E-state index contributed by atoms with van der Waals surface area (Å²) in [6, 6.07) is 5.30. The average Bonchev–Trinajstić information content (AvgIpc) is 3.14. The lowest BCUT2D eigenvalue weighted by molar-refractivity contribution is -0.384. The van der Waals surface area contributed by atoms with E-state index in [9.17, 15) is 19.7 Å². The first-order valence-electron chi connectivity index (χ1n) is 9.22. The van der Waals surface area contributed by atoms with Gasteiger partial charge in [-0.05, 0) is 31.4 Å². The number of non-ortho nitro benzene ring substituents is 1. The molecule has 2 rings (SSSR count). The smallest absolute Gasteiger partial charge is 0.357 e. The number of carbonyl (C=O) groups is 2. The Morgan fingerprint density at radius 2 is 2.00 bits per heavy atom. The van der Waals surface area contributed by atoms with Crippen molar-refractivity contribution in [2.45, 2.75) is 33.7 Å². The number of urea groups is 1. The highest BCUT2D eigenvalue weighted by molar-refractivity contribution is 7.09. The second-order valence-corrected chi connectivity index (χ2v) is 7.63. The molecule has 0 saturated heterocycles. The molecule has 0 atom stereocenters. The van der Waals surface area contributed by atoms with Gasteiger partial charge < -0.3 is 15.0 Å². The van der Waals surface area contributed by atoms with Crippen molar-refractivity contribution in [3.05, 3.63) is 50.5 Å². The van der Waals surface area contributed by atoms with Crippen LogP contribution in [0.4, 0.5) is 16.2 Å². The quantitative estimate of drug-likeness (QED) is 0.367. The Kier molecular flexibility index (Phi) is 8.08. The first-order chi connectivity index (χ1) is 13.8. The molecule has 0 fully saturated rings. The van der Waals surface area contributed by atoms with Crippen LogP contribution in [0.15, 0.2) is 29.6 Å². The molecule has 1 heterocycles. The molecular weight excluding hydrogens is 396 g/mol. The predicted octanol–water partition coefficient (Wildman–Crippen LogP) is 4.31. The summed E-state index contributed by atoms with van der Waals surface area (Å²) >= 11 is 1.29. The van der Waals surface area contributed by atoms with E-state index in [2.05, 4.69) is 24.1 Å². The third-order valence-corrected chi connectivity index (χ3v) is 4.79. The number of thiazole rings is 1. The minimum absolute atomic E-state index is 0.0473. The number of hydrogen-bond donors (Lipinski definition) is 1. The van der Waals surface area contributed by atoms with E-state index in [1.54, 1.807) is 17.2 Å². The summed E-state index contributed by atoms with van der Waals surface area (Å²) in [6.45, 7) is 6.87. The van der Waals surface area contributed by atoms with Gasteiger partial charge in [0.2, 0.25) is 0 Å². The number of hydrogen-bond acceptors (Lipinski definition) is 7. The summed E-state index contributed by atoms with van der Waals surface area (Å²) in [5.74, 6) is -0.0878. The molecular formula is C19H24N4O5S. The van der Waals surface area contributed by atoms with Crippen LogP contribution in [0.1, 0.15) is 42.7 Å². The van der Waals surface area contributed by atoms with Crippen molar-refractivity contribution in [3.63, 3.8) is 0 Å². The van der Waals surface area contributed by atoms with Crippen LogP contribution < -0.4 is 5.32 Å². The Bertz CT molecular complexity index is 851. The molecule has 1 N–H and O–H groups in total. The van der Waals surface area contributed by atoms with Crippen molar-refractivity contribution in [2.75, 3.05) is 18.5 Å². The molecule has 0 radical (unpaired) electrons. The molecule has 0 bridgehead atoms. The molecule has 1 aromatic carbocycles. The molecule has 0 aliphatic carbocycles. The molecule has 9 nitrogen and oxygen atoms in total. The summed E-state index contributed by atoms with van der Waals surface area (Å²) < 4.78 is 4.94. The zero-order chi connectivity index (χ0) is 21.4. The summed E-state index contributed by atoms with van der Waals surface area (Å²) in [6.07, 6.45) is 0.795. The van der Waals surface area contributed by atoms with Crippen molar-refractivity contribution in [1.82, 2.24) is 9.88 Å². The van der Waals surface area contributed by atoms with Crippen LogP contribution in [0.5, 0.6) is 0 Å². The number of esters is 1. The van der Waals surface area contributed by atoms with Crippen molar-refractivity contribution >= 4 is 34.7 Å². The van der Waals surface area contributed by atoms with Gasteiger partial charge in [0.15, 0.2) is 5.69 Å².